The molecule has 7 nitrogen and oxygen atoms in total. The van der Waals surface area contributed by atoms with E-state index < -0.39 is 15.4 Å². The second-order valence-electron chi connectivity index (χ2n) is 8.23. The summed E-state index contributed by atoms with van der Waals surface area (Å²) in [4.78, 5) is 14.7. The molecule has 1 aliphatic rings. The standard InChI is InChI=1S/C22H29N3O4S/c1-4-25-12-11-16-5-10-20(13-17(16)14-25)30(28,29)24-19-8-6-18(7-9-19)23-21(27)22(2,3)15-26/h5-10,13,24,26H,4,11-12,14-15H2,1-3H3,(H,23,27). The number of nitrogens with one attached hydrogen (secondary N) is 2. The molecule has 2 aromatic rings. The fourth-order valence-corrected chi connectivity index (χ4v) is 4.35. The number of aliphatic hydroxyl groups excluding tert-OH is 1. The van der Waals surface area contributed by atoms with Gasteiger partial charge in [0.15, 0.2) is 0 Å². The zero-order valence-corrected chi connectivity index (χ0v) is 18.4. The number of carbonyl (C=O) groups is 1. The molecule has 2 aromatic carbocycles. The lowest BCUT2D eigenvalue weighted by Crippen LogP contribution is -2.33. The highest BCUT2D eigenvalue weighted by molar-refractivity contribution is 7.92. The number of amides is 1. The van der Waals surface area contributed by atoms with Crippen LogP contribution in [0.2, 0.25) is 0 Å². The third-order valence-electron chi connectivity index (χ3n) is 5.43. The molecule has 30 heavy (non-hydrogen) atoms. The van der Waals surface area contributed by atoms with Gasteiger partial charge in [-0.05, 0) is 74.3 Å². The number of hydrogen-bond acceptors (Lipinski definition) is 5. The Morgan fingerprint density at radius 2 is 1.77 bits per heavy atom. The fourth-order valence-electron chi connectivity index (χ4n) is 3.24. The number of rotatable bonds is 7. The maximum Gasteiger partial charge on any atom is 0.261 e. The van der Waals surface area contributed by atoms with E-state index in [4.69, 9.17) is 0 Å². The minimum absolute atomic E-state index is 0.237. The van der Waals surface area contributed by atoms with E-state index in [2.05, 4.69) is 21.9 Å². The van der Waals surface area contributed by atoms with Crippen LogP contribution in [0.4, 0.5) is 11.4 Å². The number of aliphatic hydroxyl groups is 1. The number of sulfonamides is 1. The molecular formula is C22H29N3O4S. The quantitative estimate of drug-likeness (QED) is 0.626. The van der Waals surface area contributed by atoms with Crippen molar-refractivity contribution in [3.63, 3.8) is 0 Å². The predicted octanol–water partition coefficient (Wildman–Crippen LogP) is 2.82. The first kappa shape index (κ1) is 22.3. The molecule has 1 amide bonds. The van der Waals surface area contributed by atoms with Gasteiger partial charge in [-0.25, -0.2) is 8.42 Å². The summed E-state index contributed by atoms with van der Waals surface area (Å²) >= 11 is 0. The SMILES string of the molecule is CCN1CCc2ccc(S(=O)(=O)Nc3ccc(NC(=O)C(C)(C)CO)cc3)cc2C1. The van der Waals surface area contributed by atoms with E-state index in [0.717, 1.165) is 31.6 Å². The van der Waals surface area contributed by atoms with E-state index in [-0.39, 0.29) is 17.4 Å². The van der Waals surface area contributed by atoms with Gasteiger partial charge in [0.2, 0.25) is 5.91 Å². The molecular weight excluding hydrogens is 402 g/mol. The van der Waals surface area contributed by atoms with Crippen molar-refractivity contribution in [1.82, 2.24) is 4.90 Å². The Labute approximate surface area is 178 Å². The maximum absolute atomic E-state index is 12.8. The number of likely N-dealkylation sites (N-methyl/N-ethyl adjacent to an activating group) is 1. The summed E-state index contributed by atoms with van der Waals surface area (Å²) < 4.78 is 28.3. The Bertz CT molecular complexity index is 1020. The number of hydrogen-bond donors (Lipinski definition) is 3. The molecule has 0 bridgehead atoms. The molecule has 3 N–H and O–H groups in total. The predicted molar refractivity (Wildman–Crippen MR) is 118 cm³/mol. The first-order valence-electron chi connectivity index (χ1n) is 10.0. The first-order chi connectivity index (χ1) is 14.1. The zero-order chi connectivity index (χ0) is 21.9. The summed E-state index contributed by atoms with van der Waals surface area (Å²) in [6.07, 6.45) is 0.928. The molecule has 0 aliphatic carbocycles. The van der Waals surface area contributed by atoms with E-state index in [1.807, 2.05) is 6.07 Å². The maximum atomic E-state index is 12.8. The van der Waals surface area contributed by atoms with E-state index in [1.54, 1.807) is 50.2 Å². The molecule has 0 spiro atoms. The van der Waals surface area contributed by atoms with Gasteiger partial charge in [-0.3, -0.25) is 14.4 Å². The van der Waals surface area contributed by atoms with Crippen LogP contribution in [0.1, 0.15) is 31.9 Å². The lowest BCUT2D eigenvalue weighted by Gasteiger charge is -2.27. The third kappa shape index (κ3) is 5.00. The Hall–Kier alpha value is -2.42. The monoisotopic (exact) mass is 431 g/mol. The average molecular weight is 432 g/mol. The highest BCUT2D eigenvalue weighted by Gasteiger charge is 2.26. The summed E-state index contributed by atoms with van der Waals surface area (Å²) in [5.41, 5.74) is 2.28. The van der Waals surface area contributed by atoms with Gasteiger partial charge in [0, 0.05) is 24.5 Å². The van der Waals surface area contributed by atoms with Crippen LogP contribution >= 0.6 is 0 Å². The van der Waals surface area contributed by atoms with Crippen molar-refractivity contribution in [2.75, 3.05) is 29.7 Å². The van der Waals surface area contributed by atoms with E-state index in [9.17, 15) is 18.3 Å². The molecule has 0 saturated heterocycles. The molecule has 0 aromatic heterocycles. The summed E-state index contributed by atoms with van der Waals surface area (Å²) in [7, 11) is -3.72. The van der Waals surface area contributed by atoms with Crippen molar-refractivity contribution >= 4 is 27.3 Å². The van der Waals surface area contributed by atoms with Crippen LogP contribution in [-0.2, 0) is 27.8 Å². The normalized spacial score (nSPS) is 14.8. The minimum atomic E-state index is -3.72. The number of benzene rings is 2. The summed E-state index contributed by atoms with van der Waals surface area (Å²) in [5.74, 6) is -0.312. The molecule has 3 rings (SSSR count). The molecule has 1 heterocycles. The topological polar surface area (TPSA) is 98.7 Å². The van der Waals surface area contributed by atoms with Crippen molar-refractivity contribution in [2.24, 2.45) is 5.41 Å². The van der Waals surface area contributed by atoms with Crippen molar-refractivity contribution < 1.29 is 18.3 Å². The average Bonchev–Trinajstić information content (AvgIpc) is 2.74. The Morgan fingerprint density at radius 1 is 1.10 bits per heavy atom. The Morgan fingerprint density at radius 3 is 2.40 bits per heavy atom. The van der Waals surface area contributed by atoms with Crippen LogP contribution < -0.4 is 10.0 Å². The molecule has 8 heteroatoms. The largest absolute Gasteiger partial charge is 0.395 e. The molecule has 0 fully saturated rings. The van der Waals surface area contributed by atoms with Crippen molar-refractivity contribution in [1.29, 1.82) is 0 Å². The van der Waals surface area contributed by atoms with Crippen LogP contribution in [0.3, 0.4) is 0 Å². The summed E-state index contributed by atoms with van der Waals surface area (Å²) in [6.45, 7) is 7.80. The number of anilines is 2. The van der Waals surface area contributed by atoms with Gasteiger partial charge in [0.1, 0.15) is 0 Å². The molecule has 0 unspecified atom stereocenters. The van der Waals surface area contributed by atoms with Gasteiger partial charge in [0.25, 0.3) is 10.0 Å². The third-order valence-corrected chi connectivity index (χ3v) is 6.81. The fraction of sp³-hybridized carbons (Fsp3) is 0.409. The van der Waals surface area contributed by atoms with Gasteiger partial charge >= 0.3 is 0 Å². The molecule has 162 valence electrons. The smallest absolute Gasteiger partial charge is 0.261 e. The zero-order valence-electron chi connectivity index (χ0n) is 17.6. The van der Waals surface area contributed by atoms with Gasteiger partial charge < -0.3 is 10.4 Å². The van der Waals surface area contributed by atoms with Crippen molar-refractivity contribution in [2.45, 2.75) is 38.6 Å². The Balaban J connectivity index is 1.72. The second kappa shape index (κ2) is 8.75. The van der Waals surface area contributed by atoms with E-state index in [0.29, 0.717) is 11.4 Å². The molecule has 0 saturated carbocycles. The van der Waals surface area contributed by atoms with Crippen LogP contribution in [0.15, 0.2) is 47.4 Å². The van der Waals surface area contributed by atoms with Crippen LogP contribution in [0, 0.1) is 5.41 Å². The number of fused-ring (bicyclic) bond motifs is 1. The lowest BCUT2D eigenvalue weighted by atomic mass is 9.93. The van der Waals surface area contributed by atoms with E-state index >= 15 is 0 Å². The van der Waals surface area contributed by atoms with Gasteiger partial charge in [-0.15, -0.1) is 0 Å². The van der Waals surface area contributed by atoms with Crippen LogP contribution in [-0.4, -0.2) is 44.0 Å². The molecule has 1 aliphatic heterocycles. The van der Waals surface area contributed by atoms with Gasteiger partial charge in [-0.2, -0.15) is 0 Å². The summed E-state index contributed by atoms with van der Waals surface area (Å²) in [6, 6.07) is 11.7. The highest BCUT2D eigenvalue weighted by Crippen LogP contribution is 2.25. The second-order valence-corrected chi connectivity index (χ2v) is 9.91. The molecule has 0 radical (unpaired) electrons. The van der Waals surface area contributed by atoms with Crippen molar-refractivity contribution in [3.8, 4) is 0 Å². The highest BCUT2D eigenvalue weighted by atomic mass is 32.2. The summed E-state index contributed by atoms with van der Waals surface area (Å²) in [5, 5.41) is 12.0. The molecule has 0 atom stereocenters. The first-order valence-corrected chi connectivity index (χ1v) is 11.5. The Kier molecular flexibility index (Phi) is 6.50. The lowest BCUT2D eigenvalue weighted by molar-refractivity contribution is -0.125. The van der Waals surface area contributed by atoms with Crippen LogP contribution in [0.25, 0.3) is 0 Å². The minimum Gasteiger partial charge on any atom is -0.395 e. The van der Waals surface area contributed by atoms with E-state index in [1.165, 1.54) is 5.56 Å². The number of nitrogens with zero attached hydrogens (tertiary/aromatic N) is 1. The van der Waals surface area contributed by atoms with Gasteiger partial charge in [-0.1, -0.05) is 13.0 Å². The van der Waals surface area contributed by atoms with Crippen LogP contribution in [0.5, 0.6) is 0 Å². The van der Waals surface area contributed by atoms with Gasteiger partial charge in [0.05, 0.1) is 16.9 Å². The number of carbonyl (C=O) groups excluding carboxylic acids is 1. The van der Waals surface area contributed by atoms with Crippen molar-refractivity contribution in [3.05, 3.63) is 53.6 Å².